The molecule has 1 unspecified atom stereocenters. The molecule has 9 heteroatoms. The molecule has 18 heavy (non-hydrogen) atoms. The quantitative estimate of drug-likeness (QED) is 0.151. The van der Waals surface area contributed by atoms with Crippen LogP contribution < -0.4 is 15.8 Å². The van der Waals surface area contributed by atoms with Crippen LogP contribution in [0.4, 0.5) is 0 Å². The van der Waals surface area contributed by atoms with Gasteiger partial charge in [-0.3, -0.25) is 4.79 Å². The lowest BCUT2D eigenvalue weighted by molar-refractivity contribution is -0.124. The van der Waals surface area contributed by atoms with Gasteiger partial charge < -0.3 is 16.3 Å². The first-order chi connectivity index (χ1) is 8.19. The molecule has 0 saturated carbocycles. The molecule has 1 amide bonds. The van der Waals surface area contributed by atoms with Gasteiger partial charge in [-0.1, -0.05) is 19.0 Å². The van der Waals surface area contributed by atoms with Crippen molar-refractivity contribution in [3.05, 3.63) is 0 Å². The zero-order chi connectivity index (χ0) is 14.3. The Morgan fingerprint density at radius 2 is 1.94 bits per heavy atom. The highest BCUT2D eigenvalue weighted by atomic mass is 32.2. The van der Waals surface area contributed by atoms with E-state index in [4.69, 9.17) is 10.9 Å². The minimum Gasteiger partial charge on any atom is -0.409 e. The van der Waals surface area contributed by atoms with Gasteiger partial charge in [-0.2, -0.15) is 0 Å². The SMILES string of the molecule is CC(C)C(C(=O)NCCNS(C)(=O)=O)C(N)=NO. The second kappa shape index (κ2) is 7.17. The van der Waals surface area contributed by atoms with E-state index in [1.165, 1.54) is 0 Å². The van der Waals surface area contributed by atoms with Crippen LogP contribution in [0.15, 0.2) is 5.16 Å². The summed E-state index contributed by atoms with van der Waals surface area (Å²) in [7, 11) is -3.27. The Balaban J connectivity index is 4.29. The number of hydrogen-bond donors (Lipinski definition) is 4. The Bertz CT molecular complexity index is 405. The second-order valence-electron chi connectivity index (χ2n) is 4.20. The molecule has 8 nitrogen and oxygen atoms in total. The topological polar surface area (TPSA) is 134 Å². The Morgan fingerprint density at radius 1 is 1.39 bits per heavy atom. The molecular formula is C9H20N4O4S. The fourth-order valence-electron chi connectivity index (χ4n) is 1.37. The van der Waals surface area contributed by atoms with E-state index in [1.807, 2.05) is 0 Å². The summed E-state index contributed by atoms with van der Waals surface area (Å²) in [6.07, 6.45) is 1.03. The molecule has 5 N–H and O–H groups in total. The van der Waals surface area contributed by atoms with Crippen molar-refractivity contribution in [3.63, 3.8) is 0 Å². The van der Waals surface area contributed by atoms with Crippen molar-refractivity contribution in [1.29, 1.82) is 0 Å². The lowest BCUT2D eigenvalue weighted by Crippen LogP contribution is -2.44. The third-order valence-electron chi connectivity index (χ3n) is 2.17. The lowest BCUT2D eigenvalue weighted by atomic mass is 9.94. The predicted molar refractivity (Wildman–Crippen MR) is 67.6 cm³/mol. The molecule has 0 fully saturated rings. The molecule has 0 aromatic heterocycles. The first-order valence-electron chi connectivity index (χ1n) is 5.38. The zero-order valence-electron chi connectivity index (χ0n) is 10.7. The van der Waals surface area contributed by atoms with Gasteiger partial charge in [0.2, 0.25) is 15.9 Å². The highest BCUT2D eigenvalue weighted by Gasteiger charge is 2.26. The summed E-state index contributed by atoms with van der Waals surface area (Å²) in [5.74, 6) is -1.45. The van der Waals surface area contributed by atoms with Crippen LogP contribution in [-0.4, -0.2) is 44.7 Å². The van der Waals surface area contributed by atoms with Gasteiger partial charge in [-0.25, -0.2) is 13.1 Å². The predicted octanol–water partition coefficient (Wildman–Crippen LogP) is -1.33. The summed E-state index contributed by atoms with van der Waals surface area (Å²) in [5, 5.41) is 13.9. The summed E-state index contributed by atoms with van der Waals surface area (Å²) in [4.78, 5) is 11.7. The van der Waals surface area contributed by atoms with Gasteiger partial charge in [0.05, 0.1) is 6.26 Å². The fraction of sp³-hybridized carbons (Fsp3) is 0.778. The van der Waals surface area contributed by atoms with Crippen LogP contribution >= 0.6 is 0 Å². The lowest BCUT2D eigenvalue weighted by Gasteiger charge is -2.18. The highest BCUT2D eigenvalue weighted by molar-refractivity contribution is 7.88. The Morgan fingerprint density at radius 3 is 2.33 bits per heavy atom. The van der Waals surface area contributed by atoms with Crippen LogP contribution in [-0.2, 0) is 14.8 Å². The molecule has 0 bridgehead atoms. The van der Waals surface area contributed by atoms with E-state index in [-0.39, 0.29) is 24.8 Å². The first kappa shape index (κ1) is 16.6. The summed E-state index contributed by atoms with van der Waals surface area (Å²) < 4.78 is 23.8. The maximum absolute atomic E-state index is 11.7. The van der Waals surface area contributed by atoms with Crippen LogP contribution in [0.2, 0.25) is 0 Å². The van der Waals surface area contributed by atoms with Crippen LogP contribution in [0.25, 0.3) is 0 Å². The van der Waals surface area contributed by atoms with Crippen LogP contribution in [0.5, 0.6) is 0 Å². The average Bonchev–Trinajstić information content (AvgIpc) is 2.22. The van der Waals surface area contributed by atoms with Crippen molar-refractivity contribution >= 4 is 21.8 Å². The molecule has 0 radical (unpaired) electrons. The minimum absolute atomic E-state index is 0.0889. The number of amidine groups is 1. The molecule has 106 valence electrons. The second-order valence-corrected chi connectivity index (χ2v) is 6.04. The molecule has 0 aliphatic rings. The molecule has 0 heterocycles. The van der Waals surface area contributed by atoms with Crippen LogP contribution in [0, 0.1) is 11.8 Å². The number of carbonyl (C=O) groups excluding carboxylic acids is 1. The third kappa shape index (κ3) is 6.40. The van der Waals surface area contributed by atoms with Crippen molar-refractivity contribution in [2.75, 3.05) is 19.3 Å². The van der Waals surface area contributed by atoms with Crippen molar-refractivity contribution in [2.24, 2.45) is 22.7 Å². The summed E-state index contributed by atoms with van der Waals surface area (Å²) in [6, 6.07) is 0. The average molecular weight is 280 g/mol. The van der Waals surface area contributed by atoms with Gasteiger partial charge >= 0.3 is 0 Å². The number of rotatable bonds is 7. The van der Waals surface area contributed by atoms with E-state index in [2.05, 4.69) is 15.2 Å². The number of nitrogens with zero attached hydrogens (tertiary/aromatic N) is 1. The zero-order valence-corrected chi connectivity index (χ0v) is 11.5. The molecule has 0 aromatic rings. The van der Waals surface area contributed by atoms with Crippen LogP contribution in [0.1, 0.15) is 13.8 Å². The van der Waals surface area contributed by atoms with Crippen molar-refractivity contribution in [1.82, 2.24) is 10.0 Å². The molecule has 0 aliphatic heterocycles. The van der Waals surface area contributed by atoms with Crippen molar-refractivity contribution in [2.45, 2.75) is 13.8 Å². The molecule has 0 saturated heterocycles. The molecule has 1 atom stereocenters. The molecular weight excluding hydrogens is 260 g/mol. The number of sulfonamides is 1. The van der Waals surface area contributed by atoms with E-state index < -0.39 is 21.8 Å². The van der Waals surface area contributed by atoms with E-state index in [0.29, 0.717) is 0 Å². The Labute approximate surface area is 107 Å². The molecule has 0 rings (SSSR count). The maximum atomic E-state index is 11.7. The molecule has 0 aromatic carbocycles. The Hall–Kier alpha value is -1.35. The number of nitrogens with two attached hydrogens (primary N) is 1. The molecule has 0 spiro atoms. The minimum atomic E-state index is -3.27. The van der Waals surface area contributed by atoms with E-state index in [0.717, 1.165) is 6.26 Å². The summed E-state index contributed by atoms with van der Waals surface area (Å²) >= 11 is 0. The van der Waals surface area contributed by atoms with Crippen molar-refractivity contribution < 1.29 is 18.4 Å². The van der Waals surface area contributed by atoms with Gasteiger partial charge in [0.15, 0.2) is 5.84 Å². The van der Waals surface area contributed by atoms with Crippen LogP contribution in [0.3, 0.4) is 0 Å². The van der Waals surface area contributed by atoms with E-state index in [9.17, 15) is 13.2 Å². The monoisotopic (exact) mass is 280 g/mol. The highest BCUT2D eigenvalue weighted by Crippen LogP contribution is 2.10. The summed E-state index contributed by atoms with van der Waals surface area (Å²) in [6.45, 7) is 3.74. The first-order valence-corrected chi connectivity index (χ1v) is 7.28. The normalized spacial score (nSPS) is 14.6. The maximum Gasteiger partial charge on any atom is 0.231 e. The van der Waals surface area contributed by atoms with Gasteiger partial charge in [-0.05, 0) is 5.92 Å². The van der Waals surface area contributed by atoms with Gasteiger partial charge in [0.25, 0.3) is 0 Å². The van der Waals surface area contributed by atoms with E-state index in [1.54, 1.807) is 13.8 Å². The van der Waals surface area contributed by atoms with Gasteiger partial charge in [0.1, 0.15) is 5.92 Å². The number of oxime groups is 1. The van der Waals surface area contributed by atoms with Crippen molar-refractivity contribution in [3.8, 4) is 0 Å². The smallest absolute Gasteiger partial charge is 0.231 e. The number of carbonyl (C=O) groups is 1. The largest absolute Gasteiger partial charge is 0.409 e. The van der Waals surface area contributed by atoms with Gasteiger partial charge in [-0.15, -0.1) is 0 Å². The summed E-state index contributed by atoms with van der Waals surface area (Å²) in [5.41, 5.74) is 5.42. The van der Waals surface area contributed by atoms with Gasteiger partial charge in [0, 0.05) is 13.1 Å². The molecule has 0 aliphatic carbocycles. The number of hydrogen-bond acceptors (Lipinski definition) is 5. The third-order valence-corrected chi connectivity index (χ3v) is 2.90. The fourth-order valence-corrected chi connectivity index (χ4v) is 1.85. The standard InChI is InChI=1S/C9H20N4O4S/c1-6(2)7(8(10)13-15)9(14)11-4-5-12-18(3,16)17/h6-7,12,15H,4-5H2,1-3H3,(H2,10,13)(H,11,14). The number of nitrogens with one attached hydrogen (secondary N) is 2. The number of amides is 1. The van der Waals surface area contributed by atoms with E-state index >= 15 is 0 Å². The Kier molecular flexibility index (Phi) is 6.63.